The molecule has 0 bridgehead atoms. The van der Waals surface area contributed by atoms with Gasteiger partial charge in [-0.2, -0.15) is 27.0 Å². The number of aromatic carboxylic acids is 1. The summed E-state index contributed by atoms with van der Waals surface area (Å²) < 4.78 is 0. The Morgan fingerprint density at radius 2 is 1.09 bits per heavy atom. The molecule has 15 nitrogen and oxygen atoms in total. The van der Waals surface area contributed by atoms with Crippen LogP contribution in [-0.2, 0) is 4.84 Å². The minimum absolute atomic E-state index is 0. The molecule has 0 amide bonds. The zero-order valence-corrected chi connectivity index (χ0v) is 33.9. The molecular formula is C40H60N10O5S2. The SMILES string of the molecule is C.C.Cc1cc(N[C@@H](C)c2ccc(C(=O)O)cc2)nc(C)n1.Cc1cc(N[C@@H](C)c2ccc(C(=O)O/N=C(\N)C3CC3)cc2)nc(C)n1.N/C(=N\O)C1CC1.S.S. The van der Waals surface area contributed by atoms with E-state index < -0.39 is 11.9 Å². The third kappa shape index (κ3) is 17.1. The van der Waals surface area contributed by atoms with E-state index in [1.54, 1.807) is 24.3 Å². The maximum Gasteiger partial charge on any atom is 0.365 e. The summed E-state index contributed by atoms with van der Waals surface area (Å²) in [5.74, 6) is 3.01. The Balaban J connectivity index is 0.000000902. The summed E-state index contributed by atoms with van der Waals surface area (Å²) in [6, 6.07) is 17.9. The van der Waals surface area contributed by atoms with Crippen LogP contribution >= 0.6 is 27.0 Å². The van der Waals surface area contributed by atoms with Crippen molar-refractivity contribution in [2.24, 2.45) is 33.6 Å². The van der Waals surface area contributed by atoms with E-state index in [1.807, 2.05) is 77.9 Å². The minimum Gasteiger partial charge on any atom is -0.478 e. The second kappa shape index (κ2) is 24.3. The van der Waals surface area contributed by atoms with Gasteiger partial charge in [0.05, 0.1) is 11.1 Å². The predicted octanol–water partition coefficient (Wildman–Crippen LogP) is 7.71. The maximum atomic E-state index is 12.0. The molecule has 0 aliphatic heterocycles. The molecule has 0 unspecified atom stereocenters. The highest BCUT2D eigenvalue weighted by atomic mass is 32.1. The van der Waals surface area contributed by atoms with Gasteiger partial charge in [0.25, 0.3) is 0 Å². The van der Waals surface area contributed by atoms with Crippen LogP contribution in [0.3, 0.4) is 0 Å². The number of hydrogen-bond acceptors (Lipinski definition) is 12. The first-order chi connectivity index (χ1) is 25.2. The normalized spacial score (nSPS) is 14.0. The van der Waals surface area contributed by atoms with E-state index >= 15 is 0 Å². The Hall–Kier alpha value is -5.42. The highest BCUT2D eigenvalue weighted by Gasteiger charge is 2.27. The Labute approximate surface area is 350 Å². The van der Waals surface area contributed by atoms with Gasteiger partial charge in [0.2, 0.25) is 0 Å². The lowest BCUT2D eigenvalue weighted by Crippen LogP contribution is -2.15. The topological polar surface area (TPSA) is 236 Å². The largest absolute Gasteiger partial charge is 0.478 e. The summed E-state index contributed by atoms with van der Waals surface area (Å²) in [6.07, 6.45) is 4.21. The van der Waals surface area contributed by atoms with E-state index in [9.17, 15) is 9.59 Å². The number of carbonyl (C=O) groups excluding carboxylic acids is 1. The van der Waals surface area contributed by atoms with E-state index in [0.717, 1.165) is 71.5 Å². The summed E-state index contributed by atoms with van der Waals surface area (Å²) in [5, 5.41) is 30.1. The van der Waals surface area contributed by atoms with E-state index in [1.165, 1.54) is 0 Å². The lowest BCUT2D eigenvalue weighted by atomic mass is 10.1. The van der Waals surface area contributed by atoms with Gasteiger partial charge < -0.3 is 37.3 Å². The molecule has 4 aromatic rings. The average Bonchev–Trinajstić information content (AvgIpc) is 4.04. The third-order valence-corrected chi connectivity index (χ3v) is 8.31. The van der Waals surface area contributed by atoms with Gasteiger partial charge in [-0.15, -0.1) is 0 Å². The summed E-state index contributed by atoms with van der Waals surface area (Å²) >= 11 is 0. The standard InChI is InChI=1S/C19H23N5O2.C15H17N3O2.C4H8N2O.2CH4.2H2S/c1-11-10-17(23-13(3)21-11)22-12(2)14-4-8-16(9-5-14)19(25)26-24-18(20)15-6-7-15;1-9-8-14(18-11(3)16-9)17-10(2)12-4-6-13(7-5-12)15(19)20;5-4(6-7)3-1-2-3;;;;/h4-5,8-10,12,15H,6-7H2,1-3H3,(H2,20,24)(H,21,22,23);4-8,10H,1-3H3,(H,19,20)(H,16,17,18);3,7H,1-2H2,(H2,5,6);2*1H4;2*1H2/t12-;10-;;;;;/m00...../s1. The monoisotopic (exact) mass is 824 g/mol. The van der Waals surface area contributed by atoms with Crippen LogP contribution in [0, 0.1) is 39.5 Å². The van der Waals surface area contributed by atoms with Crippen molar-refractivity contribution in [3.05, 3.63) is 106 Å². The lowest BCUT2D eigenvalue weighted by Gasteiger charge is -2.15. The van der Waals surface area contributed by atoms with Crippen molar-refractivity contribution in [3.8, 4) is 0 Å². The van der Waals surface area contributed by atoms with Crippen LogP contribution in [0.25, 0.3) is 0 Å². The smallest absolute Gasteiger partial charge is 0.365 e. The van der Waals surface area contributed by atoms with E-state index in [2.05, 4.69) is 40.9 Å². The third-order valence-electron chi connectivity index (χ3n) is 8.31. The van der Waals surface area contributed by atoms with E-state index in [4.69, 9.17) is 26.6 Å². The quantitative estimate of drug-likeness (QED) is 0.0280. The molecule has 2 saturated carbocycles. The number of aryl methyl sites for hydroxylation is 4. The van der Waals surface area contributed by atoms with Gasteiger partial charge in [-0.3, -0.25) is 0 Å². The molecule has 2 aliphatic carbocycles. The van der Waals surface area contributed by atoms with Crippen LogP contribution in [0.5, 0.6) is 0 Å². The summed E-state index contributed by atoms with van der Waals surface area (Å²) in [6.45, 7) is 11.6. The highest BCUT2D eigenvalue weighted by Crippen LogP contribution is 2.29. The molecule has 0 spiro atoms. The van der Waals surface area contributed by atoms with Crippen LogP contribution in [0.2, 0.25) is 0 Å². The zero-order chi connectivity index (χ0) is 38.7. The summed E-state index contributed by atoms with van der Waals surface area (Å²) in [7, 11) is 0. The first-order valence-corrected chi connectivity index (χ1v) is 17.3. The molecule has 57 heavy (non-hydrogen) atoms. The van der Waals surface area contributed by atoms with Gasteiger partial charge >= 0.3 is 11.9 Å². The molecule has 2 atom stereocenters. The molecular weight excluding hydrogens is 765 g/mol. The first kappa shape index (κ1) is 51.6. The second-order valence-corrected chi connectivity index (χ2v) is 13.1. The highest BCUT2D eigenvalue weighted by molar-refractivity contribution is 7.59. The summed E-state index contributed by atoms with van der Waals surface area (Å²) in [5.41, 5.74) is 15.5. The van der Waals surface area contributed by atoms with Crippen LogP contribution in [0.1, 0.15) is 121 Å². The van der Waals surface area contributed by atoms with Gasteiger partial charge in [-0.25, -0.2) is 29.5 Å². The van der Waals surface area contributed by atoms with Gasteiger partial charge in [0, 0.05) is 47.4 Å². The molecule has 312 valence electrons. The minimum atomic E-state index is -0.917. The van der Waals surface area contributed by atoms with Crippen LogP contribution in [0.4, 0.5) is 11.6 Å². The average molecular weight is 825 g/mol. The van der Waals surface area contributed by atoms with Crippen molar-refractivity contribution in [3.63, 3.8) is 0 Å². The molecule has 2 heterocycles. The number of carboxylic acid groups (broad SMARTS) is 1. The Morgan fingerprint density at radius 1 is 0.702 bits per heavy atom. The predicted molar refractivity (Wildman–Crippen MR) is 237 cm³/mol. The number of oxime groups is 2. The number of benzene rings is 2. The van der Waals surface area contributed by atoms with Crippen molar-refractivity contribution in [2.45, 2.75) is 94.2 Å². The number of nitrogens with one attached hydrogen (secondary N) is 2. The molecule has 2 aliphatic rings. The number of hydrogen-bond donors (Lipinski definition) is 6. The second-order valence-electron chi connectivity index (χ2n) is 13.1. The Morgan fingerprint density at radius 3 is 1.42 bits per heavy atom. The fraction of sp³-hybridized carbons (Fsp3) is 0.400. The van der Waals surface area contributed by atoms with Gasteiger partial charge in [0.1, 0.15) is 35.0 Å². The van der Waals surface area contributed by atoms with Crippen molar-refractivity contribution in [1.82, 2.24) is 19.9 Å². The number of amidine groups is 2. The maximum absolute atomic E-state index is 12.0. The molecule has 17 heteroatoms. The number of nitrogens with zero attached hydrogens (tertiary/aromatic N) is 6. The van der Waals surface area contributed by atoms with Gasteiger partial charge in [-0.05, 0) is 103 Å². The van der Waals surface area contributed by atoms with Gasteiger partial charge in [0.15, 0.2) is 0 Å². The first-order valence-electron chi connectivity index (χ1n) is 17.3. The molecule has 0 radical (unpaired) electrons. The van der Waals surface area contributed by atoms with Gasteiger partial charge in [-0.1, -0.05) is 49.4 Å². The Kier molecular flexibility index (Phi) is 22.0. The molecule has 2 aromatic heterocycles. The van der Waals surface area contributed by atoms with Crippen molar-refractivity contribution in [2.75, 3.05) is 10.6 Å². The number of anilines is 2. The summed E-state index contributed by atoms with van der Waals surface area (Å²) in [4.78, 5) is 45.0. The lowest BCUT2D eigenvalue weighted by molar-refractivity contribution is 0.0513. The van der Waals surface area contributed by atoms with E-state index in [-0.39, 0.29) is 65.4 Å². The zero-order valence-electron chi connectivity index (χ0n) is 31.9. The Bertz CT molecular complexity index is 1900. The number of rotatable bonds is 11. The number of nitrogens with two attached hydrogens (primary N) is 2. The molecule has 0 saturated heterocycles. The van der Waals surface area contributed by atoms with Crippen molar-refractivity contribution in [1.29, 1.82) is 0 Å². The number of carbonyl (C=O) groups is 2. The van der Waals surface area contributed by atoms with Crippen LogP contribution in [-0.4, -0.2) is 53.9 Å². The molecule has 2 aromatic carbocycles. The molecule has 2 fully saturated rings. The number of carboxylic acids is 1. The fourth-order valence-electron chi connectivity index (χ4n) is 5.08. The van der Waals surface area contributed by atoms with Crippen molar-refractivity contribution < 1.29 is 24.7 Å². The molecule has 8 N–H and O–H groups in total. The number of aromatic nitrogens is 4. The molecule has 6 rings (SSSR count). The van der Waals surface area contributed by atoms with E-state index in [0.29, 0.717) is 23.2 Å². The fourth-order valence-corrected chi connectivity index (χ4v) is 5.08. The van der Waals surface area contributed by atoms with Crippen LogP contribution in [0.15, 0.2) is 71.0 Å². The van der Waals surface area contributed by atoms with Crippen LogP contribution < -0.4 is 22.1 Å². The van der Waals surface area contributed by atoms with Crippen molar-refractivity contribution >= 4 is 62.2 Å².